The number of aromatic nitrogens is 2. The molecule has 6 heteroatoms. The molecule has 0 bridgehead atoms. The van der Waals surface area contributed by atoms with Gasteiger partial charge in [0.2, 0.25) is 0 Å². The van der Waals surface area contributed by atoms with Gasteiger partial charge < -0.3 is 15.4 Å². The average Bonchev–Trinajstić information content (AvgIpc) is 3.12. The number of amides is 1. The first-order valence-electron chi connectivity index (χ1n) is 7.81. The lowest BCUT2D eigenvalue weighted by atomic mass is 10.2. The minimum absolute atomic E-state index is 0.212. The number of hydrogen-bond acceptors (Lipinski definition) is 5. The van der Waals surface area contributed by atoms with Crippen LogP contribution in [0.5, 0.6) is 0 Å². The third-order valence-corrected chi connectivity index (χ3v) is 3.71. The average molecular weight is 312 g/mol. The summed E-state index contributed by atoms with van der Waals surface area (Å²) in [4.78, 5) is 20.5. The molecule has 0 saturated carbocycles. The lowest BCUT2D eigenvalue weighted by Crippen LogP contribution is -2.24. The second kappa shape index (κ2) is 7.69. The van der Waals surface area contributed by atoms with Crippen molar-refractivity contribution >= 4 is 11.6 Å². The molecule has 2 N–H and O–H groups in total. The fourth-order valence-corrected chi connectivity index (χ4v) is 2.47. The Hall–Kier alpha value is -2.47. The first kappa shape index (κ1) is 15.4. The molecule has 2 aromatic heterocycles. The summed E-state index contributed by atoms with van der Waals surface area (Å²) < 4.78 is 5.58. The maximum atomic E-state index is 12.2. The van der Waals surface area contributed by atoms with Crippen molar-refractivity contribution in [2.75, 3.05) is 18.5 Å². The molecule has 120 valence electrons. The van der Waals surface area contributed by atoms with Gasteiger partial charge in [-0.25, -0.2) is 0 Å². The Bertz CT molecular complexity index is 642. The van der Waals surface area contributed by atoms with E-state index in [1.807, 2.05) is 24.3 Å². The van der Waals surface area contributed by atoms with Gasteiger partial charge in [-0.15, -0.1) is 0 Å². The molecular formula is C17H20N4O2. The standard InChI is InChI=1S/C17H20N4O2/c22-17(21-11-14-4-1-2-7-18-14)16-10-13(6-8-19-16)20-12-15-5-3-9-23-15/h1-2,4,6-8,10,15H,3,5,9,11-12H2,(H,19,20)(H,21,22). The molecule has 1 amide bonds. The van der Waals surface area contributed by atoms with Crippen molar-refractivity contribution in [2.24, 2.45) is 0 Å². The number of nitrogens with zero attached hydrogens (tertiary/aromatic N) is 2. The van der Waals surface area contributed by atoms with Crippen LogP contribution in [0.25, 0.3) is 0 Å². The van der Waals surface area contributed by atoms with Crippen LogP contribution in [0.2, 0.25) is 0 Å². The zero-order chi connectivity index (χ0) is 15.9. The molecule has 23 heavy (non-hydrogen) atoms. The van der Waals surface area contributed by atoms with E-state index in [1.54, 1.807) is 18.5 Å². The van der Waals surface area contributed by atoms with E-state index in [0.717, 1.165) is 37.4 Å². The van der Waals surface area contributed by atoms with Gasteiger partial charge in [-0.1, -0.05) is 6.07 Å². The summed E-state index contributed by atoms with van der Waals surface area (Å²) in [6.07, 6.45) is 5.78. The van der Waals surface area contributed by atoms with E-state index >= 15 is 0 Å². The van der Waals surface area contributed by atoms with E-state index in [2.05, 4.69) is 20.6 Å². The first-order valence-corrected chi connectivity index (χ1v) is 7.81. The third kappa shape index (κ3) is 4.50. The van der Waals surface area contributed by atoms with Crippen molar-refractivity contribution in [1.82, 2.24) is 15.3 Å². The highest BCUT2D eigenvalue weighted by Crippen LogP contribution is 2.14. The number of rotatable bonds is 6. The van der Waals surface area contributed by atoms with Crippen molar-refractivity contribution < 1.29 is 9.53 Å². The Balaban J connectivity index is 1.54. The number of carbonyl (C=O) groups is 1. The van der Waals surface area contributed by atoms with E-state index in [4.69, 9.17) is 4.74 Å². The van der Waals surface area contributed by atoms with E-state index in [9.17, 15) is 4.79 Å². The maximum absolute atomic E-state index is 12.2. The number of carbonyl (C=O) groups excluding carboxylic acids is 1. The van der Waals surface area contributed by atoms with Crippen LogP contribution in [0.3, 0.4) is 0 Å². The number of hydrogen-bond donors (Lipinski definition) is 2. The number of pyridine rings is 2. The summed E-state index contributed by atoms with van der Waals surface area (Å²) in [5.74, 6) is -0.212. The molecular weight excluding hydrogens is 292 g/mol. The topological polar surface area (TPSA) is 76.1 Å². The van der Waals surface area contributed by atoms with Gasteiger partial charge in [-0.2, -0.15) is 0 Å². The van der Waals surface area contributed by atoms with Gasteiger partial charge in [0.1, 0.15) is 5.69 Å². The van der Waals surface area contributed by atoms with Crippen LogP contribution in [0.1, 0.15) is 29.0 Å². The molecule has 1 aliphatic rings. The van der Waals surface area contributed by atoms with Gasteiger partial charge in [0.25, 0.3) is 5.91 Å². The minimum atomic E-state index is -0.212. The molecule has 1 unspecified atom stereocenters. The van der Waals surface area contributed by atoms with Gasteiger partial charge in [-0.05, 0) is 37.1 Å². The van der Waals surface area contributed by atoms with Crippen LogP contribution in [0.15, 0.2) is 42.7 Å². The lowest BCUT2D eigenvalue weighted by Gasteiger charge is -2.12. The van der Waals surface area contributed by atoms with Crippen LogP contribution < -0.4 is 10.6 Å². The summed E-state index contributed by atoms with van der Waals surface area (Å²) in [6.45, 7) is 1.97. The largest absolute Gasteiger partial charge is 0.382 e. The highest BCUT2D eigenvalue weighted by Gasteiger charge is 2.15. The van der Waals surface area contributed by atoms with E-state index in [0.29, 0.717) is 12.2 Å². The van der Waals surface area contributed by atoms with Crippen molar-refractivity contribution in [1.29, 1.82) is 0 Å². The Labute approximate surface area is 135 Å². The smallest absolute Gasteiger partial charge is 0.270 e. The maximum Gasteiger partial charge on any atom is 0.270 e. The van der Waals surface area contributed by atoms with E-state index < -0.39 is 0 Å². The fraction of sp³-hybridized carbons (Fsp3) is 0.353. The number of nitrogens with one attached hydrogen (secondary N) is 2. The fourth-order valence-electron chi connectivity index (χ4n) is 2.47. The van der Waals surface area contributed by atoms with Crippen LogP contribution in [0, 0.1) is 0 Å². The molecule has 0 aliphatic carbocycles. The van der Waals surface area contributed by atoms with Crippen molar-refractivity contribution in [3.8, 4) is 0 Å². The summed E-state index contributed by atoms with van der Waals surface area (Å²) in [5, 5.41) is 6.12. The predicted molar refractivity (Wildman–Crippen MR) is 87.1 cm³/mol. The van der Waals surface area contributed by atoms with Gasteiger partial charge in [-0.3, -0.25) is 14.8 Å². The van der Waals surface area contributed by atoms with Gasteiger partial charge >= 0.3 is 0 Å². The minimum Gasteiger partial charge on any atom is -0.382 e. The summed E-state index contributed by atoms with van der Waals surface area (Å²) in [7, 11) is 0. The molecule has 0 aromatic carbocycles. The molecule has 3 rings (SSSR count). The van der Waals surface area contributed by atoms with E-state index in [-0.39, 0.29) is 12.0 Å². The van der Waals surface area contributed by atoms with Crippen LogP contribution in [-0.4, -0.2) is 35.1 Å². The van der Waals surface area contributed by atoms with E-state index in [1.165, 1.54) is 0 Å². The molecule has 6 nitrogen and oxygen atoms in total. The molecule has 0 radical (unpaired) electrons. The third-order valence-electron chi connectivity index (χ3n) is 3.71. The normalized spacial score (nSPS) is 17.0. The molecule has 0 spiro atoms. The molecule has 2 aromatic rings. The number of anilines is 1. The van der Waals surface area contributed by atoms with Crippen molar-refractivity contribution in [2.45, 2.75) is 25.5 Å². The molecule has 1 fully saturated rings. The number of ether oxygens (including phenoxy) is 1. The molecule has 3 heterocycles. The highest BCUT2D eigenvalue weighted by molar-refractivity contribution is 5.93. The summed E-state index contributed by atoms with van der Waals surface area (Å²) >= 11 is 0. The second-order valence-corrected chi connectivity index (χ2v) is 5.45. The van der Waals surface area contributed by atoms with Crippen molar-refractivity contribution in [3.05, 3.63) is 54.1 Å². The van der Waals surface area contributed by atoms with Gasteiger partial charge in [0, 0.05) is 31.2 Å². The summed E-state index contributed by atoms with van der Waals surface area (Å²) in [5.41, 5.74) is 2.07. The molecule has 1 aliphatic heterocycles. The summed E-state index contributed by atoms with van der Waals surface area (Å²) in [6, 6.07) is 9.21. The van der Waals surface area contributed by atoms with Crippen LogP contribution in [-0.2, 0) is 11.3 Å². The van der Waals surface area contributed by atoms with Crippen LogP contribution >= 0.6 is 0 Å². The quantitative estimate of drug-likeness (QED) is 0.853. The van der Waals surface area contributed by atoms with Crippen LogP contribution in [0.4, 0.5) is 5.69 Å². The van der Waals surface area contributed by atoms with Gasteiger partial charge in [0.15, 0.2) is 0 Å². The van der Waals surface area contributed by atoms with Gasteiger partial charge in [0.05, 0.1) is 18.3 Å². The van der Waals surface area contributed by atoms with Crippen molar-refractivity contribution in [3.63, 3.8) is 0 Å². The Morgan fingerprint density at radius 1 is 1.26 bits per heavy atom. The Morgan fingerprint density at radius 2 is 2.22 bits per heavy atom. The SMILES string of the molecule is O=C(NCc1ccccn1)c1cc(NCC2CCCO2)ccn1. The Morgan fingerprint density at radius 3 is 3.00 bits per heavy atom. The molecule has 1 atom stereocenters. The first-order chi connectivity index (χ1) is 11.3. The highest BCUT2D eigenvalue weighted by atomic mass is 16.5. The zero-order valence-electron chi connectivity index (χ0n) is 12.9. The lowest BCUT2D eigenvalue weighted by molar-refractivity contribution is 0.0945. The second-order valence-electron chi connectivity index (χ2n) is 5.45. The molecule has 1 saturated heterocycles. The monoisotopic (exact) mass is 312 g/mol. The Kier molecular flexibility index (Phi) is 5.16. The zero-order valence-corrected chi connectivity index (χ0v) is 12.9. The predicted octanol–water partition coefficient (Wildman–Crippen LogP) is 2.00.